The van der Waals surface area contributed by atoms with Crippen LogP contribution in [0.1, 0.15) is 49.0 Å². The minimum absolute atomic E-state index is 0.0491. The lowest BCUT2D eigenvalue weighted by molar-refractivity contribution is -0.136. The van der Waals surface area contributed by atoms with Crippen molar-refractivity contribution >= 4 is 40.9 Å². The van der Waals surface area contributed by atoms with E-state index >= 15 is 0 Å². The average Bonchev–Trinajstić information content (AvgIpc) is 2.81. The van der Waals surface area contributed by atoms with Crippen LogP contribution in [0, 0.1) is 5.92 Å². The van der Waals surface area contributed by atoms with Crippen LogP contribution in [0.5, 0.6) is 5.75 Å². The van der Waals surface area contributed by atoms with E-state index in [4.69, 9.17) is 27.9 Å². The minimum Gasteiger partial charge on any atom is -0.491 e. The normalized spacial score (nSPS) is 17.8. The third kappa shape index (κ3) is 8.71. The molecule has 2 aromatic rings. The van der Waals surface area contributed by atoms with E-state index in [1.54, 1.807) is 41.3 Å². The predicted octanol–water partition coefficient (Wildman–Crippen LogP) is 4.50. The van der Waals surface area contributed by atoms with Gasteiger partial charge in [-0.1, -0.05) is 49.2 Å². The molecule has 9 heteroatoms. The van der Waals surface area contributed by atoms with E-state index < -0.39 is 0 Å². The molecule has 0 unspecified atom stereocenters. The molecule has 3 amide bonds. The molecule has 0 radical (unpaired) electrons. The van der Waals surface area contributed by atoms with Crippen molar-refractivity contribution in [1.29, 1.82) is 0 Å². The first kappa shape index (κ1) is 27.8. The second-order valence-corrected chi connectivity index (χ2v) is 10.3. The smallest absolute Gasteiger partial charge is 0.255 e. The zero-order valence-corrected chi connectivity index (χ0v) is 22.2. The van der Waals surface area contributed by atoms with Crippen LogP contribution >= 0.6 is 23.2 Å². The van der Waals surface area contributed by atoms with Gasteiger partial charge in [0.05, 0.1) is 24.6 Å². The molecule has 36 heavy (non-hydrogen) atoms. The second-order valence-electron chi connectivity index (χ2n) is 9.43. The van der Waals surface area contributed by atoms with Crippen LogP contribution in [0.15, 0.2) is 42.5 Å². The molecule has 1 aliphatic heterocycles. The third-order valence-electron chi connectivity index (χ3n) is 5.82. The summed E-state index contributed by atoms with van der Waals surface area (Å²) in [5, 5.41) is 6.92. The molecule has 0 spiro atoms. The number of carbonyl (C=O) groups is 3. The molecular weight excluding hydrogens is 501 g/mol. The Hall–Kier alpha value is -2.77. The maximum absolute atomic E-state index is 13.1. The Kier molecular flexibility index (Phi) is 10.4. The van der Waals surface area contributed by atoms with Gasteiger partial charge in [-0.25, -0.2) is 0 Å². The van der Waals surface area contributed by atoms with Crippen molar-refractivity contribution in [3.05, 3.63) is 63.6 Å². The van der Waals surface area contributed by atoms with E-state index in [-0.39, 0.29) is 43.3 Å². The number of hydrogen-bond acceptors (Lipinski definition) is 4. The first-order valence-corrected chi connectivity index (χ1v) is 13.0. The Morgan fingerprint density at radius 2 is 1.89 bits per heavy atom. The Labute approximate surface area is 222 Å². The molecule has 0 saturated carbocycles. The Morgan fingerprint density at radius 1 is 1.11 bits per heavy atom. The number of amides is 3. The molecule has 0 saturated heterocycles. The number of benzene rings is 2. The van der Waals surface area contributed by atoms with Crippen LogP contribution in [0.3, 0.4) is 0 Å². The van der Waals surface area contributed by atoms with Gasteiger partial charge in [-0.3, -0.25) is 14.4 Å². The average molecular weight is 534 g/mol. The summed E-state index contributed by atoms with van der Waals surface area (Å²) in [7, 11) is 0. The Bertz CT molecular complexity index is 1080. The van der Waals surface area contributed by atoms with Crippen molar-refractivity contribution in [1.82, 2.24) is 15.5 Å². The molecule has 3 rings (SSSR count). The van der Waals surface area contributed by atoms with Crippen molar-refractivity contribution < 1.29 is 19.1 Å². The van der Waals surface area contributed by atoms with E-state index in [2.05, 4.69) is 24.5 Å². The lowest BCUT2D eigenvalue weighted by Crippen LogP contribution is -2.47. The fraction of sp³-hybridized carbons (Fsp3) is 0.444. The van der Waals surface area contributed by atoms with Gasteiger partial charge in [-0.05, 0) is 61.1 Å². The van der Waals surface area contributed by atoms with Crippen molar-refractivity contribution in [3.8, 4) is 5.75 Å². The van der Waals surface area contributed by atoms with E-state index in [9.17, 15) is 14.4 Å². The molecule has 1 heterocycles. The number of ether oxygens (including phenoxy) is 1. The highest BCUT2D eigenvalue weighted by atomic mass is 35.5. The molecule has 194 valence electrons. The highest BCUT2D eigenvalue weighted by Crippen LogP contribution is 2.24. The largest absolute Gasteiger partial charge is 0.491 e. The zero-order chi connectivity index (χ0) is 26.1. The Balaban J connectivity index is 1.78. The highest BCUT2D eigenvalue weighted by Gasteiger charge is 2.22. The Morgan fingerprint density at radius 3 is 2.64 bits per heavy atom. The number of rotatable bonds is 4. The molecule has 0 aliphatic carbocycles. The number of hydrogen-bond donors (Lipinski definition) is 2. The molecule has 0 aromatic heterocycles. The van der Waals surface area contributed by atoms with Crippen LogP contribution in [-0.2, 0) is 16.0 Å². The lowest BCUT2D eigenvalue weighted by atomic mass is 10.0. The second kappa shape index (κ2) is 13.5. The molecule has 2 aromatic carbocycles. The van der Waals surface area contributed by atoms with Crippen molar-refractivity contribution in [2.24, 2.45) is 5.92 Å². The maximum atomic E-state index is 13.1. The van der Waals surface area contributed by atoms with Gasteiger partial charge in [0.2, 0.25) is 11.8 Å². The quantitative estimate of drug-likeness (QED) is 0.605. The summed E-state index contributed by atoms with van der Waals surface area (Å²) in [6.07, 6.45) is 2.10. The fourth-order valence-electron chi connectivity index (χ4n) is 4.13. The standard InChI is InChI=1S/C27H33Cl2N3O4/c1-18(2)12-22-17-36-24-9-8-21(29)15-23(24)27(35)30-10-3-4-11-32(16-25(33)31-22)26(34)14-19-6-5-7-20(28)13-19/h5-9,13,15,18,22H,3-4,10-12,14,16-17H2,1-2H3,(H,30,35)(H,31,33)/t22-/m1/s1. The topological polar surface area (TPSA) is 87.7 Å². The molecular formula is C27H33Cl2N3O4. The summed E-state index contributed by atoms with van der Waals surface area (Å²) >= 11 is 12.2. The number of nitrogens with one attached hydrogen (secondary N) is 2. The molecule has 1 aliphatic rings. The lowest BCUT2D eigenvalue weighted by Gasteiger charge is -2.25. The summed E-state index contributed by atoms with van der Waals surface area (Å²) in [4.78, 5) is 40.5. The first-order chi connectivity index (χ1) is 17.2. The van der Waals surface area contributed by atoms with Gasteiger partial charge in [0.1, 0.15) is 12.4 Å². The van der Waals surface area contributed by atoms with Gasteiger partial charge >= 0.3 is 0 Å². The van der Waals surface area contributed by atoms with E-state index in [1.807, 2.05) is 6.07 Å². The summed E-state index contributed by atoms with van der Waals surface area (Å²) in [5.74, 6) is 0.0342. The summed E-state index contributed by atoms with van der Waals surface area (Å²) < 4.78 is 5.99. The number of halogens is 2. The van der Waals surface area contributed by atoms with Crippen LogP contribution < -0.4 is 15.4 Å². The molecule has 7 nitrogen and oxygen atoms in total. The van der Waals surface area contributed by atoms with Gasteiger partial charge in [-0.2, -0.15) is 0 Å². The molecule has 0 bridgehead atoms. The zero-order valence-electron chi connectivity index (χ0n) is 20.7. The third-order valence-corrected chi connectivity index (χ3v) is 6.29. The van der Waals surface area contributed by atoms with Gasteiger partial charge in [0.15, 0.2) is 0 Å². The number of nitrogens with zero attached hydrogens (tertiary/aromatic N) is 1. The van der Waals surface area contributed by atoms with Gasteiger partial charge in [-0.15, -0.1) is 0 Å². The predicted molar refractivity (Wildman–Crippen MR) is 142 cm³/mol. The SMILES string of the molecule is CC(C)C[C@@H]1COc2ccc(Cl)cc2C(=O)NCCCCN(C(=O)Cc2cccc(Cl)c2)CC(=O)N1. The summed E-state index contributed by atoms with van der Waals surface area (Å²) in [6.45, 7) is 5.07. The van der Waals surface area contributed by atoms with E-state index in [0.717, 1.165) is 5.56 Å². The van der Waals surface area contributed by atoms with Crippen LogP contribution in [-0.4, -0.2) is 54.9 Å². The van der Waals surface area contributed by atoms with Crippen LogP contribution in [0.2, 0.25) is 10.0 Å². The van der Waals surface area contributed by atoms with Gasteiger partial charge in [0, 0.05) is 23.1 Å². The molecule has 2 N–H and O–H groups in total. The summed E-state index contributed by atoms with van der Waals surface area (Å²) in [5.41, 5.74) is 1.14. The van der Waals surface area contributed by atoms with Crippen LogP contribution in [0.25, 0.3) is 0 Å². The molecule has 0 fully saturated rings. The number of carbonyl (C=O) groups excluding carboxylic acids is 3. The van der Waals surface area contributed by atoms with Crippen molar-refractivity contribution in [2.45, 2.75) is 45.6 Å². The van der Waals surface area contributed by atoms with Crippen molar-refractivity contribution in [3.63, 3.8) is 0 Å². The molecule has 1 atom stereocenters. The summed E-state index contributed by atoms with van der Waals surface area (Å²) in [6, 6.07) is 11.8. The maximum Gasteiger partial charge on any atom is 0.255 e. The van der Waals surface area contributed by atoms with E-state index in [1.165, 1.54) is 0 Å². The fourth-order valence-corrected chi connectivity index (χ4v) is 4.52. The minimum atomic E-state index is -0.293. The highest BCUT2D eigenvalue weighted by molar-refractivity contribution is 6.31. The number of fused-ring (bicyclic) bond motifs is 1. The van der Waals surface area contributed by atoms with E-state index in [0.29, 0.717) is 59.6 Å². The van der Waals surface area contributed by atoms with Gasteiger partial charge < -0.3 is 20.3 Å². The monoisotopic (exact) mass is 533 g/mol. The first-order valence-electron chi connectivity index (χ1n) is 12.2. The van der Waals surface area contributed by atoms with Crippen molar-refractivity contribution in [2.75, 3.05) is 26.2 Å². The van der Waals surface area contributed by atoms with Crippen LogP contribution in [0.4, 0.5) is 0 Å². The van der Waals surface area contributed by atoms with Gasteiger partial charge in [0.25, 0.3) is 5.91 Å².